The fourth-order valence-corrected chi connectivity index (χ4v) is 1.81. The van der Waals surface area contributed by atoms with E-state index in [0.29, 0.717) is 5.69 Å². The Morgan fingerprint density at radius 2 is 2.00 bits per heavy atom. The van der Waals surface area contributed by atoms with Crippen LogP contribution in [0.25, 0.3) is 11.3 Å². The maximum Gasteiger partial charge on any atom is 0.359 e. The molecule has 0 aliphatic rings. The summed E-state index contributed by atoms with van der Waals surface area (Å²) in [7, 11) is 1.61. The first-order chi connectivity index (χ1) is 9.15. The maximum atomic E-state index is 11.9. The van der Waals surface area contributed by atoms with Crippen LogP contribution in [-0.4, -0.2) is 22.1 Å². The van der Waals surface area contributed by atoms with Crippen molar-refractivity contribution in [2.45, 2.75) is 6.92 Å². The van der Waals surface area contributed by atoms with Gasteiger partial charge in [0.05, 0.1) is 18.5 Å². The number of ether oxygens (including phenoxy) is 1. The van der Waals surface area contributed by atoms with Crippen molar-refractivity contribution < 1.29 is 9.53 Å². The lowest BCUT2D eigenvalue weighted by Crippen LogP contribution is -2.23. The number of nitrogens with zero attached hydrogens (tertiary/aromatic N) is 2. The predicted octanol–water partition coefficient (Wildman–Crippen LogP) is 1.62. The van der Waals surface area contributed by atoms with Gasteiger partial charge in [0, 0.05) is 12.6 Å². The number of carbonyl (C=O) groups excluding carboxylic acids is 1. The number of carbonyl (C=O) groups is 1. The molecule has 1 aromatic carbocycles. The molecule has 5 heteroatoms. The maximum absolute atomic E-state index is 11.9. The summed E-state index contributed by atoms with van der Waals surface area (Å²) in [5.41, 5.74) is 1.09. The summed E-state index contributed by atoms with van der Waals surface area (Å²) in [6.07, 6.45) is 1.12. The third-order valence-corrected chi connectivity index (χ3v) is 2.71. The first-order valence-corrected chi connectivity index (χ1v) is 5.93. The molecule has 0 aliphatic carbocycles. The standard InChI is InChI=1S/C14H14N2O3/c1-3-19-14(18)12-13(10-7-5-4-6-8-10)16(2)11(17)9-15-12/h4-9H,3H2,1-2H3. The fraction of sp³-hybridized carbons (Fsp3) is 0.214. The smallest absolute Gasteiger partial charge is 0.359 e. The third-order valence-electron chi connectivity index (χ3n) is 2.71. The van der Waals surface area contributed by atoms with E-state index >= 15 is 0 Å². The molecule has 0 fully saturated rings. The minimum atomic E-state index is -0.531. The van der Waals surface area contributed by atoms with Crippen molar-refractivity contribution >= 4 is 5.97 Å². The monoisotopic (exact) mass is 258 g/mol. The second-order valence-electron chi connectivity index (χ2n) is 3.94. The molecule has 0 atom stereocenters. The molecular formula is C14H14N2O3. The summed E-state index contributed by atoms with van der Waals surface area (Å²) < 4.78 is 6.37. The van der Waals surface area contributed by atoms with Crippen LogP contribution in [0.5, 0.6) is 0 Å². The summed E-state index contributed by atoms with van der Waals surface area (Å²) in [4.78, 5) is 27.5. The van der Waals surface area contributed by atoms with E-state index in [9.17, 15) is 9.59 Å². The minimum absolute atomic E-state index is 0.148. The van der Waals surface area contributed by atoms with Crippen molar-refractivity contribution in [2.24, 2.45) is 7.05 Å². The number of aromatic nitrogens is 2. The molecule has 0 saturated heterocycles. The summed E-state index contributed by atoms with van der Waals surface area (Å²) in [5, 5.41) is 0. The van der Waals surface area contributed by atoms with Crippen LogP contribution in [0, 0.1) is 0 Å². The van der Waals surface area contributed by atoms with E-state index in [2.05, 4.69) is 4.98 Å². The molecule has 0 aliphatic heterocycles. The van der Waals surface area contributed by atoms with Crippen LogP contribution in [0.3, 0.4) is 0 Å². The summed E-state index contributed by atoms with van der Waals surface area (Å²) in [6, 6.07) is 9.17. The van der Waals surface area contributed by atoms with Gasteiger partial charge in [-0.05, 0) is 6.92 Å². The van der Waals surface area contributed by atoms with Crippen molar-refractivity contribution in [1.29, 1.82) is 0 Å². The Balaban J connectivity index is 2.66. The first kappa shape index (κ1) is 13.0. The zero-order valence-corrected chi connectivity index (χ0v) is 10.8. The molecule has 0 N–H and O–H groups in total. The normalized spacial score (nSPS) is 10.2. The van der Waals surface area contributed by atoms with Crippen LogP contribution < -0.4 is 5.56 Å². The van der Waals surface area contributed by atoms with E-state index in [1.54, 1.807) is 14.0 Å². The Bertz CT molecular complexity index is 647. The minimum Gasteiger partial charge on any atom is -0.461 e. The van der Waals surface area contributed by atoms with Crippen LogP contribution in [-0.2, 0) is 11.8 Å². The molecule has 2 aromatic rings. The fourth-order valence-electron chi connectivity index (χ4n) is 1.81. The van der Waals surface area contributed by atoms with Crippen LogP contribution in [0.4, 0.5) is 0 Å². The Labute approximate surface area is 110 Å². The lowest BCUT2D eigenvalue weighted by Gasteiger charge is -2.12. The highest BCUT2D eigenvalue weighted by molar-refractivity contribution is 5.94. The molecule has 0 saturated carbocycles. The van der Waals surface area contributed by atoms with E-state index in [0.717, 1.165) is 11.8 Å². The van der Waals surface area contributed by atoms with Gasteiger partial charge in [-0.1, -0.05) is 30.3 Å². The van der Waals surface area contributed by atoms with Crippen molar-refractivity contribution in [2.75, 3.05) is 6.61 Å². The summed E-state index contributed by atoms with van der Waals surface area (Å²) in [5.74, 6) is -0.531. The molecule has 0 unspecified atom stereocenters. The molecule has 98 valence electrons. The van der Waals surface area contributed by atoms with E-state index < -0.39 is 5.97 Å². The largest absolute Gasteiger partial charge is 0.461 e. The van der Waals surface area contributed by atoms with Crippen LogP contribution >= 0.6 is 0 Å². The Hall–Kier alpha value is -2.43. The topological polar surface area (TPSA) is 61.2 Å². The molecule has 2 rings (SSSR count). The van der Waals surface area contributed by atoms with Crippen molar-refractivity contribution in [3.05, 3.63) is 52.6 Å². The van der Waals surface area contributed by atoms with Gasteiger partial charge in [0.2, 0.25) is 0 Å². The van der Waals surface area contributed by atoms with Gasteiger partial charge in [0.15, 0.2) is 5.69 Å². The highest BCUT2D eigenvalue weighted by Gasteiger charge is 2.18. The lowest BCUT2D eigenvalue weighted by molar-refractivity contribution is 0.0519. The Kier molecular flexibility index (Phi) is 3.75. The zero-order chi connectivity index (χ0) is 13.8. The van der Waals surface area contributed by atoms with E-state index in [4.69, 9.17) is 4.74 Å². The van der Waals surface area contributed by atoms with Gasteiger partial charge in [0.1, 0.15) is 0 Å². The highest BCUT2D eigenvalue weighted by atomic mass is 16.5. The molecule has 0 spiro atoms. The van der Waals surface area contributed by atoms with Gasteiger partial charge in [-0.25, -0.2) is 9.78 Å². The number of hydrogen-bond acceptors (Lipinski definition) is 4. The average molecular weight is 258 g/mol. The molecule has 1 aromatic heterocycles. The van der Waals surface area contributed by atoms with Crippen molar-refractivity contribution in [3.8, 4) is 11.3 Å². The third kappa shape index (κ3) is 2.54. The van der Waals surface area contributed by atoms with Gasteiger partial charge in [0.25, 0.3) is 5.56 Å². The highest BCUT2D eigenvalue weighted by Crippen LogP contribution is 2.20. The summed E-state index contributed by atoms with van der Waals surface area (Å²) >= 11 is 0. The van der Waals surface area contributed by atoms with Gasteiger partial charge in [-0.3, -0.25) is 4.79 Å². The average Bonchev–Trinajstić information content (AvgIpc) is 2.43. The SMILES string of the molecule is CCOC(=O)c1ncc(=O)n(C)c1-c1ccccc1. The molecule has 5 nitrogen and oxygen atoms in total. The van der Waals surface area contributed by atoms with Gasteiger partial charge >= 0.3 is 5.97 Å². The number of hydrogen-bond donors (Lipinski definition) is 0. The van der Waals surface area contributed by atoms with Gasteiger partial charge < -0.3 is 9.30 Å². The molecule has 19 heavy (non-hydrogen) atoms. The molecular weight excluding hydrogens is 244 g/mol. The lowest BCUT2D eigenvalue weighted by atomic mass is 10.1. The van der Waals surface area contributed by atoms with Gasteiger partial charge in [-0.15, -0.1) is 0 Å². The number of benzene rings is 1. The van der Waals surface area contributed by atoms with Gasteiger partial charge in [-0.2, -0.15) is 0 Å². The van der Waals surface area contributed by atoms with E-state index in [1.165, 1.54) is 4.57 Å². The van der Waals surface area contributed by atoms with E-state index in [-0.39, 0.29) is 17.9 Å². The van der Waals surface area contributed by atoms with Crippen molar-refractivity contribution in [3.63, 3.8) is 0 Å². The molecule has 1 heterocycles. The van der Waals surface area contributed by atoms with Crippen LogP contribution in [0.15, 0.2) is 41.3 Å². The molecule has 0 amide bonds. The molecule has 0 bridgehead atoms. The first-order valence-electron chi connectivity index (χ1n) is 5.93. The number of rotatable bonds is 3. The van der Waals surface area contributed by atoms with Crippen LogP contribution in [0.2, 0.25) is 0 Å². The van der Waals surface area contributed by atoms with Crippen LogP contribution in [0.1, 0.15) is 17.4 Å². The Morgan fingerprint density at radius 1 is 1.32 bits per heavy atom. The van der Waals surface area contributed by atoms with E-state index in [1.807, 2.05) is 30.3 Å². The summed E-state index contributed by atoms with van der Waals surface area (Å²) in [6.45, 7) is 1.99. The predicted molar refractivity (Wildman–Crippen MR) is 70.9 cm³/mol. The zero-order valence-electron chi connectivity index (χ0n) is 10.8. The second-order valence-corrected chi connectivity index (χ2v) is 3.94. The second kappa shape index (κ2) is 5.48. The number of esters is 1. The molecule has 0 radical (unpaired) electrons. The Morgan fingerprint density at radius 3 is 2.63 bits per heavy atom. The quantitative estimate of drug-likeness (QED) is 0.785. The van der Waals surface area contributed by atoms with Crippen molar-refractivity contribution in [1.82, 2.24) is 9.55 Å².